The van der Waals surface area contributed by atoms with Crippen LogP contribution in [0.1, 0.15) is 16.3 Å². The van der Waals surface area contributed by atoms with E-state index in [-0.39, 0.29) is 0 Å². The van der Waals surface area contributed by atoms with Crippen LogP contribution in [0.4, 0.5) is 0 Å². The number of benzene rings is 1. The van der Waals surface area contributed by atoms with Gasteiger partial charge in [-0.15, -0.1) is 11.3 Å². The summed E-state index contributed by atoms with van der Waals surface area (Å²) in [6.45, 7) is 2.04. The van der Waals surface area contributed by atoms with Crippen molar-refractivity contribution in [2.45, 2.75) is 25.8 Å². The molecule has 1 atom stereocenters. The van der Waals surface area contributed by atoms with Crippen LogP contribution in [0.15, 0.2) is 28.1 Å². The second-order valence-corrected chi connectivity index (χ2v) is 6.87. The molecule has 0 spiro atoms. The quantitative estimate of drug-likeness (QED) is 0.863. The van der Waals surface area contributed by atoms with E-state index >= 15 is 0 Å². The predicted molar refractivity (Wildman–Crippen MR) is 86.3 cm³/mol. The Balaban J connectivity index is 2.06. The second-order valence-electron chi connectivity index (χ2n) is 4.49. The highest BCUT2D eigenvalue weighted by molar-refractivity contribution is 9.10. The van der Waals surface area contributed by atoms with Crippen LogP contribution in [0.5, 0.6) is 0 Å². The van der Waals surface area contributed by atoms with E-state index in [9.17, 15) is 0 Å². The molecule has 0 aliphatic heterocycles. The summed E-state index contributed by atoms with van der Waals surface area (Å²) in [5.74, 6) is 0. The van der Waals surface area contributed by atoms with E-state index in [1.165, 1.54) is 0 Å². The molecule has 19 heavy (non-hydrogen) atoms. The Morgan fingerprint density at radius 1 is 1.42 bits per heavy atom. The van der Waals surface area contributed by atoms with Crippen LogP contribution in [-0.2, 0) is 12.8 Å². The number of aromatic nitrogens is 1. The molecule has 102 valence electrons. The van der Waals surface area contributed by atoms with Crippen molar-refractivity contribution in [3.63, 3.8) is 0 Å². The molecule has 0 fully saturated rings. The fraction of sp³-hybridized carbons (Fsp3) is 0.357. The molecule has 1 aromatic heterocycles. The predicted octanol–water partition coefficient (Wildman–Crippen LogP) is 4.24. The van der Waals surface area contributed by atoms with Gasteiger partial charge in [0.15, 0.2) is 0 Å². The first-order valence-corrected chi connectivity index (χ1v) is 8.15. The summed E-state index contributed by atoms with van der Waals surface area (Å²) in [5, 5.41) is 7.40. The maximum atomic E-state index is 6.27. The molecular formula is C14H16BrClN2S. The fourth-order valence-electron chi connectivity index (χ4n) is 1.98. The molecule has 0 amide bonds. The van der Waals surface area contributed by atoms with Gasteiger partial charge in [-0.1, -0.05) is 33.6 Å². The molecule has 1 aromatic carbocycles. The molecule has 0 aliphatic carbocycles. The number of aryl methyl sites for hydroxylation is 1. The van der Waals surface area contributed by atoms with Gasteiger partial charge in [0.1, 0.15) is 0 Å². The Labute approximate surface area is 131 Å². The number of rotatable bonds is 5. The van der Waals surface area contributed by atoms with Crippen molar-refractivity contribution in [3.05, 3.63) is 49.3 Å². The molecule has 0 bridgehead atoms. The molecule has 1 heterocycles. The molecule has 2 rings (SSSR count). The average molecular weight is 360 g/mol. The maximum Gasteiger partial charge on any atom is 0.0897 e. The topological polar surface area (TPSA) is 24.9 Å². The Bertz CT molecular complexity index is 556. The Kier molecular flexibility index (Phi) is 5.39. The molecule has 0 saturated heterocycles. The van der Waals surface area contributed by atoms with Crippen LogP contribution >= 0.6 is 38.9 Å². The summed E-state index contributed by atoms with van der Waals surface area (Å²) in [5.41, 5.74) is 2.31. The normalized spacial score (nSPS) is 12.6. The lowest BCUT2D eigenvalue weighted by molar-refractivity contribution is 0.551. The minimum absolute atomic E-state index is 0.347. The lowest BCUT2D eigenvalue weighted by Crippen LogP contribution is -2.30. The fourth-order valence-corrected chi connectivity index (χ4v) is 3.36. The SMILES string of the molecule is CNC(Cc1csc(C)n1)Cc1ccc(Br)cc1Cl. The first kappa shape index (κ1) is 15.0. The summed E-state index contributed by atoms with van der Waals surface area (Å²) in [6.07, 6.45) is 1.83. The molecule has 0 aliphatic rings. The van der Waals surface area contributed by atoms with Crippen LogP contribution < -0.4 is 5.32 Å². The highest BCUT2D eigenvalue weighted by atomic mass is 79.9. The molecule has 1 N–H and O–H groups in total. The number of hydrogen-bond acceptors (Lipinski definition) is 3. The smallest absolute Gasteiger partial charge is 0.0897 e. The monoisotopic (exact) mass is 358 g/mol. The first-order chi connectivity index (χ1) is 9.08. The third kappa shape index (κ3) is 4.28. The zero-order valence-electron chi connectivity index (χ0n) is 10.9. The zero-order chi connectivity index (χ0) is 13.8. The average Bonchev–Trinajstić information content (AvgIpc) is 2.77. The van der Waals surface area contributed by atoms with Crippen molar-refractivity contribution in [1.82, 2.24) is 10.3 Å². The van der Waals surface area contributed by atoms with Gasteiger partial charge in [-0.3, -0.25) is 0 Å². The summed E-state index contributed by atoms with van der Waals surface area (Å²) >= 11 is 11.4. The van der Waals surface area contributed by atoms with E-state index in [0.29, 0.717) is 6.04 Å². The van der Waals surface area contributed by atoms with E-state index in [1.54, 1.807) is 11.3 Å². The lowest BCUT2D eigenvalue weighted by Gasteiger charge is -2.16. The van der Waals surface area contributed by atoms with Gasteiger partial charge in [-0.2, -0.15) is 0 Å². The zero-order valence-corrected chi connectivity index (χ0v) is 14.1. The number of hydrogen-bond donors (Lipinski definition) is 1. The highest BCUT2D eigenvalue weighted by Gasteiger charge is 2.12. The van der Waals surface area contributed by atoms with Crippen molar-refractivity contribution >= 4 is 38.9 Å². The number of nitrogens with zero attached hydrogens (tertiary/aromatic N) is 1. The van der Waals surface area contributed by atoms with Crippen molar-refractivity contribution in [2.24, 2.45) is 0 Å². The maximum absolute atomic E-state index is 6.27. The van der Waals surface area contributed by atoms with Crippen LogP contribution in [0.3, 0.4) is 0 Å². The van der Waals surface area contributed by atoms with Gasteiger partial charge in [-0.25, -0.2) is 4.98 Å². The number of likely N-dealkylation sites (N-methyl/N-ethyl adjacent to an activating group) is 1. The molecule has 1 unspecified atom stereocenters. The summed E-state index contributed by atoms with van der Waals surface area (Å²) in [7, 11) is 1.98. The van der Waals surface area contributed by atoms with Gasteiger partial charge in [0.05, 0.1) is 10.7 Å². The van der Waals surface area contributed by atoms with Gasteiger partial charge in [-0.05, 0) is 38.1 Å². The van der Waals surface area contributed by atoms with E-state index < -0.39 is 0 Å². The van der Waals surface area contributed by atoms with Gasteiger partial charge >= 0.3 is 0 Å². The Morgan fingerprint density at radius 2 is 2.21 bits per heavy atom. The molecule has 0 saturated carbocycles. The van der Waals surface area contributed by atoms with Gasteiger partial charge < -0.3 is 5.32 Å². The van der Waals surface area contributed by atoms with Crippen LogP contribution in [0.2, 0.25) is 5.02 Å². The molecule has 2 nitrogen and oxygen atoms in total. The third-order valence-corrected chi connectivity index (χ3v) is 4.68. The number of nitrogens with one attached hydrogen (secondary N) is 1. The lowest BCUT2D eigenvalue weighted by atomic mass is 10.0. The van der Waals surface area contributed by atoms with Crippen molar-refractivity contribution < 1.29 is 0 Å². The minimum Gasteiger partial charge on any atom is -0.316 e. The van der Waals surface area contributed by atoms with E-state index in [1.807, 2.05) is 26.1 Å². The highest BCUT2D eigenvalue weighted by Crippen LogP contribution is 2.23. The molecule has 0 radical (unpaired) electrons. The van der Waals surface area contributed by atoms with Crippen molar-refractivity contribution in [1.29, 1.82) is 0 Å². The van der Waals surface area contributed by atoms with Gasteiger partial charge in [0.2, 0.25) is 0 Å². The summed E-state index contributed by atoms with van der Waals surface area (Å²) in [4.78, 5) is 4.51. The molecule has 2 aromatic rings. The van der Waals surface area contributed by atoms with E-state index in [0.717, 1.165) is 38.6 Å². The Hall–Kier alpha value is -0.420. The standard InChI is InChI=1S/C14H16BrClN2S/c1-9-18-13(8-19-9)7-12(17-2)5-10-3-4-11(15)6-14(10)16/h3-4,6,8,12,17H,5,7H2,1-2H3. The summed E-state index contributed by atoms with van der Waals surface area (Å²) in [6, 6.07) is 6.39. The van der Waals surface area contributed by atoms with E-state index in [4.69, 9.17) is 11.6 Å². The number of halogens is 2. The van der Waals surface area contributed by atoms with Crippen LogP contribution in [0, 0.1) is 6.92 Å². The first-order valence-electron chi connectivity index (χ1n) is 6.10. The van der Waals surface area contributed by atoms with Crippen LogP contribution in [0.25, 0.3) is 0 Å². The van der Waals surface area contributed by atoms with Gasteiger partial charge in [0, 0.05) is 27.3 Å². The number of thiazole rings is 1. The minimum atomic E-state index is 0.347. The van der Waals surface area contributed by atoms with Crippen molar-refractivity contribution in [3.8, 4) is 0 Å². The summed E-state index contributed by atoms with van der Waals surface area (Å²) < 4.78 is 1.01. The van der Waals surface area contributed by atoms with Crippen molar-refractivity contribution in [2.75, 3.05) is 7.05 Å². The molecular weight excluding hydrogens is 344 g/mol. The van der Waals surface area contributed by atoms with Crippen LogP contribution in [-0.4, -0.2) is 18.1 Å². The largest absolute Gasteiger partial charge is 0.316 e. The third-order valence-electron chi connectivity index (χ3n) is 3.01. The second kappa shape index (κ2) is 6.84. The van der Waals surface area contributed by atoms with Gasteiger partial charge in [0.25, 0.3) is 0 Å². The molecule has 5 heteroatoms. The Morgan fingerprint density at radius 3 is 2.79 bits per heavy atom. The van der Waals surface area contributed by atoms with E-state index in [2.05, 4.69) is 37.7 Å².